The average molecular weight is 683 g/mol. The molecular weight excluding hydrogens is 645 g/mol. The van der Waals surface area contributed by atoms with Crippen LogP contribution in [0.2, 0.25) is 0 Å². The highest BCUT2D eigenvalue weighted by Crippen LogP contribution is 2.36. The summed E-state index contributed by atoms with van der Waals surface area (Å²) in [5.74, 6) is 0.846. The average Bonchev–Trinajstić information content (AvgIpc) is 3.23. The highest BCUT2D eigenvalue weighted by molar-refractivity contribution is 6.12. The Kier molecular flexibility index (Phi) is 8.33. The van der Waals surface area contributed by atoms with E-state index in [1.807, 2.05) is 18.2 Å². The Labute approximate surface area is 309 Å². The number of nitrogens with one attached hydrogen (secondary N) is 2. The topological polar surface area (TPSA) is 49.3 Å². The third-order valence-corrected chi connectivity index (χ3v) is 10.3. The maximum Gasteiger partial charge on any atom is 0.135 e. The summed E-state index contributed by atoms with van der Waals surface area (Å²) in [5, 5.41) is 13.5. The van der Waals surface area contributed by atoms with Gasteiger partial charge in [-0.05, 0) is 87.6 Å². The number of aliphatic imine (C=N–C) groups is 1. The van der Waals surface area contributed by atoms with Crippen LogP contribution in [0.15, 0.2) is 181 Å². The van der Waals surface area contributed by atoms with Crippen LogP contribution >= 0.6 is 0 Å². The maximum atomic E-state index is 5.44. The summed E-state index contributed by atoms with van der Waals surface area (Å²) in [6.45, 7) is 6.26. The molecule has 2 atom stereocenters. The molecule has 0 aliphatic carbocycles. The minimum absolute atomic E-state index is 0.0204. The molecule has 53 heavy (non-hydrogen) atoms. The van der Waals surface area contributed by atoms with Crippen LogP contribution in [-0.4, -0.2) is 10.8 Å². The van der Waals surface area contributed by atoms with E-state index in [1.165, 1.54) is 21.7 Å². The minimum atomic E-state index is -0.122. The first-order chi connectivity index (χ1) is 26.1. The zero-order chi connectivity index (χ0) is 35.7. The van der Waals surface area contributed by atoms with Gasteiger partial charge in [-0.3, -0.25) is 0 Å². The van der Waals surface area contributed by atoms with E-state index >= 15 is 0 Å². The molecule has 4 heteroatoms. The Balaban J connectivity index is 1.24. The number of nitrogens with zero attached hydrogens (tertiary/aromatic N) is 2. The fourth-order valence-electron chi connectivity index (χ4n) is 7.50. The molecule has 254 valence electrons. The third kappa shape index (κ3) is 6.25. The second-order valence-corrected chi connectivity index (χ2v) is 13.6. The van der Waals surface area contributed by atoms with Crippen LogP contribution in [0.25, 0.3) is 55.5 Å². The molecule has 0 saturated carbocycles. The van der Waals surface area contributed by atoms with Crippen LogP contribution in [0.4, 0.5) is 5.69 Å². The predicted molar refractivity (Wildman–Crippen MR) is 224 cm³/mol. The summed E-state index contributed by atoms with van der Waals surface area (Å²) in [7, 11) is 0. The number of benzene rings is 7. The van der Waals surface area contributed by atoms with Crippen LogP contribution in [0, 0.1) is 0 Å². The van der Waals surface area contributed by atoms with E-state index in [-0.39, 0.29) is 12.1 Å². The number of anilines is 1. The van der Waals surface area contributed by atoms with Crippen LogP contribution in [0.3, 0.4) is 0 Å². The van der Waals surface area contributed by atoms with E-state index in [4.69, 9.17) is 9.98 Å². The van der Waals surface area contributed by atoms with Crippen LogP contribution in [0.5, 0.6) is 0 Å². The van der Waals surface area contributed by atoms with Crippen molar-refractivity contribution < 1.29 is 0 Å². The minimum Gasteiger partial charge on any atom is -0.378 e. The Bertz CT molecular complexity index is 2730. The molecule has 8 aromatic rings. The summed E-state index contributed by atoms with van der Waals surface area (Å²) in [5.41, 5.74) is 10.4. The van der Waals surface area contributed by atoms with Crippen molar-refractivity contribution >= 4 is 55.7 Å². The number of pyridine rings is 1. The van der Waals surface area contributed by atoms with Crippen molar-refractivity contribution in [3.8, 4) is 11.3 Å². The molecule has 0 amide bonds. The lowest BCUT2D eigenvalue weighted by Gasteiger charge is -2.27. The molecule has 0 radical (unpaired) electrons. The Morgan fingerprint density at radius 2 is 1.34 bits per heavy atom. The van der Waals surface area contributed by atoms with E-state index in [9.17, 15) is 0 Å². The van der Waals surface area contributed by atoms with E-state index in [0.29, 0.717) is 0 Å². The summed E-state index contributed by atoms with van der Waals surface area (Å²) >= 11 is 0. The molecule has 2 heterocycles. The fourth-order valence-corrected chi connectivity index (χ4v) is 7.50. The number of fused-ring (bicyclic) bond motifs is 3. The predicted octanol–water partition coefficient (Wildman–Crippen LogP) is 12.2. The standard InChI is InChI=1S/C49H38N4/c1-3-33-14-6-10-24-44(33)50-32(2)37-28-38(46-27-26-36-17-7-11-25-45(36)51-46)30-39(29-37)47-31-48(42-22-12-18-34-15-4-8-20-40(34)42)53-49(52-47)43-23-13-19-35-16-5-9-21-41(35)43/h3-32,48,50H,1H2,2H3,(H,52,53). The van der Waals surface area contributed by atoms with Gasteiger partial charge >= 0.3 is 0 Å². The molecule has 1 aromatic heterocycles. The highest BCUT2D eigenvalue weighted by atomic mass is 15.0. The van der Waals surface area contributed by atoms with Gasteiger partial charge in [-0.25, -0.2) is 9.98 Å². The van der Waals surface area contributed by atoms with Gasteiger partial charge in [0.25, 0.3) is 0 Å². The fraction of sp³-hybridized carbons (Fsp3) is 0.0612. The van der Waals surface area contributed by atoms with Crippen LogP contribution in [0.1, 0.15) is 46.8 Å². The summed E-state index contributed by atoms with van der Waals surface area (Å²) < 4.78 is 0. The monoisotopic (exact) mass is 682 g/mol. The summed E-state index contributed by atoms with van der Waals surface area (Å²) in [6.07, 6.45) is 4.17. The molecule has 9 rings (SSSR count). The Morgan fingerprint density at radius 1 is 0.660 bits per heavy atom. The first kappa shape index (κ1) is 32.1. The van der Waals surface area contributed by atoms with Gasteiger partial charge in [0, 0.05) is 33.8 Å². The van der Waals surface area contributed by atoms with Crippen molar-refractivity contribution in [3.63, 3.8) is 0 Å². The van der Waals surface area contributed by atoms with Gasteiger partial charge < -0.3 is 10.6 Å². The second-order valence-electron chi connectivity index (χ2n) is 13.6. The number of hydrogen-bond acceptors (Lipinski definition) is 4. The van der Waals surface area contributed by atoms with Crippen LogP contribution in [-0.2, 0) is 0 Å². The number of hydrogen-bond donors (Lipinski definition) is 2. The lowest BCUT2D eigenvalue weighted by atomic mass is 9.93. The zero-order valence-corrected chi connectivity index (χ0v) is 29.5. The van der Waals surface area contributed by atoms with E-state index in [1.54, 1.807) is 0 Å². The first-order valence-electron chi connectivity index (χ1n) is 18.1. The van der Waals surface area contributed by atoms with Gasteiger partial charge in [-0.1, -0.05) is 140 Å². The van der Waals surface area contributed by atoms with Gasteiger partial charge in [-0.2, -0.15) is 0 Å². The Hall–Kier alpha value is -6.78. The maximum absolute atomic E-state index is 5.44. The smallest absolute Gasteiger partial charge is 0.135 e. The number of rotatable bonds is 8. The second kappa shape index (κ2) is 13.7. The largest absolute Gasteiger partial charge is 0.378 e. The molecular formula is C49H38N4. The van der Waals surface area contributed by atoms with Crippen molar-refractivity contribution in [2.45, 2.75) is 19.0 Å². The van der Waals surface area contributed by atoms with E-state index in [2.05, 4.69) is 182 Å². The van der Waals surface area contributed by atoms with Gasteiger partial charge in [0.1, 0.15) is 5.84 Å². The molecule has 4 nitrogen and oxygen atoms in total. The molecule has 1 aliphatic rings. The quantitative estimate of drug-likeness (QED) is 0.168. The Morgan fingerprint density at radius 3 is 2.19 bits per heavy atom. The van der Waals surface area contributed by atoms with Crippen molar-refractivity contribution in [2.75, 3.05) is 5.32 Å². The number of amidine groups is 1. The first-order valence-corrected chi connectivity index (χ1v) is 18.1. The third-order valence-electron chi connectivity index (χ3n) is 10.3. The van der Waals surface area contributed by atoms with Crippen molar-refractivity contribution in [1.82, 2.24) is 10.3 Å². The molecule has 0 spiro atoms. The molecule has 2 unspecified atom stereocenters. The lowest BCUT2D eigenvalue weighted by Crippen LogP contribution is -2.31. The van der Waals surface area contributed by atoms with Crippen molar-refractivity contribution in [2.24, 2.45) is 4.99 Å². The molecule has 0 fully saturated rings. The van der Waals surface area contributed by atoms with Gasteiger partial charge in [0.15, 0.2) is 0 Å². The van der Waals surface area contributed by atoms with Gasteiger partial charge in [0.2, 0.25) is 0 Å². The lowest BCUT2D eigenvalue weighted by molar-refractivity contribution is 0.788. The normalized spacial score (nSPS) is 14.7. The molecule has 0 saturated heterocycles. The molecule has 7 aromatic carbocycles. The van der Waals surface area contributed by atoms with Crippen molar-refractivity contribution in [3.05, 3.63) is 204 Å². The summed E-state index contributed by atoms with van der Waals surface area (Å²) in [4.78, 5) is 10.6. The van der Waals surface area contributed by atoms with Crippen LogP contribution < -0.4 is 10.6 Å². The zero-order valence-electron chi connectivity index (χ0n) is 29.5. The van der Waals surface area contributed by atoms with Gasteiger partial charge in [-0.15, -0.1) is 0 Å². The SMILES string of the molecule is C=Cc1ccccc1NC(C)c1cc(C2=CC(c3cccc4ccccc34)NC(c3cccc4ccccc34)=N2)cc(-c2ccc3ccccc3n2)c1. The number of para-hydroxylation sites is 2. The highest BCUT2D eigenvalue weighted by Gasteiger charge is 2.23. The number of aromatic nitrogens is 1. The van der Waals surface area contributed by atoms with E-state index < -0.39 is 0 Å². The molecule has 0 bridgehead atoms. The molecule has 1 aliphatic heterocycles. The van der Waals surface area contributed by atoms with Crippen molar-refractivity contribution in [1.29, 1.82) is 0 Å². The van der Waals surface area contributed by atoms with Gasteiger partial charge in [0.05, 0.1) is 22.9 Å². The summed E-state index contributed by atoms with van der Waals surface area (Å²) in [6, 6.07) is 57.6. The molecule has 2 N–H and O–H groups in total. The van der Waals surface area contributed by atoms with E-state index in [0.717, 1.165) is 67.0 Å².